The van der Waals surface area contributed by atoms with Crippen molar-refractivity contribution < 1.29 is 151 Å². The summed E-state index contributed by atoms with van der Waals surface area (Å²) in [5.41, 5.74) is 37.5. The number of aliphatic carboxylic acids is 1. The summed E-state index contributed by atoms with van der Waals surface area (Å²) in [5, 5.41) is 30.3. The van der Waals surface area contributed by atoms with Gasteiger partial charge in [0.15, 0.2) is 0 Å². The van der Waals surface area contributed by atoms with Crippen LogP contribution in [0.5, 0.6) is 0 Å². The summed E-state index contributed by atoms with van der Waals surface area (Å²) in [6.45, 7) is 19.7. The number of benzene rings is 1. The van der Waals surface area contributed by atoms with Gasteiger partial charge < -0.3 is 69.3 Å². The van der Waals surface area contributed by atoms with Crippen molar-refractivity contribution in [1.29, 1.82) is 0 Å². The van der Waals surface area contributed by atoms with Crippen LogP contribution in [-0.2, 0) is 85.8 Å². The van der Waals surface area contributed by atoms with Crippen molar-refractivity contribution in [1.82, 2.24) is 24.9 Å². The number of aliphatic hydroxyl groups excluding tert-OH is 1. The van der Waals surface area contributed by atoms with E-state index in [0.717, 1.165) is 36.1 Å². The Bertz CT molecular complexity index is 3540. The van der Waals surface area contributed by atoms with Crippen LogP contribution in [0.25, 0.3) is 47.3 Å². The van der Waals surface area contributed by atoms with E-state index in [2.05, 4.69) is 54.5 Å². The number of nitrogens with one attached hydrogen (secondary N) is 1. The fraction of sp³-hybridized carbons (Fsp3) is 0.765. The average molecular weight is 1640 g/mol. The number of azide groups is 3. The number of rotatable bonds is 14. The first-order valence-electron chi connectivity index (χ1n) is 35.7. The van der Waals surface area contributed by atoms with Crippen LogP contribution in [0.15, 0.2) is 44.5 Å². The molecule has 7 aliphatic rings. The maximum absolute atomic E-state index is 12.5. The quantitative estimate of drug-likeness (QED) is 0.0236. The van der Waals surface area contributed by atoms with Gasteiger partial charge in [0.1, 0.15) is 53.3 Å². The number of likely N-dealkylation sites (tertiary alicyclic amines) is 4. The molecule has 5 heterocycles. The Morgan fingerprint density at radius 3 is 1.32 bits per heavy atom. The summed E-state index contributed by atoms with van der Waals surface area (Å²) >= 11 is 0. The molecule has 40 nitrogen and oxygen atoms in total. The molecule has 0 aromatic heterocycles. The number of aryl methyl sites for hydroxylation is 1. The largest absolute Gasteiger partial charge is 1.00 e. The van der Waals surface area contributed by atoms with E-state index in [9.17, 15) is 69.8 Å². The van der Waals surface area contributed by atoms with Gasteiger partial charge in [0.05, 0.1) is 83.9 Å². The SMILES string of the molecule is COC(=O)[C@@H]1C[C@@H](N=[N+]=[N-])CN1.COC(=O)[C@@H]1C[C@@H](N=[N+]=[N-])CN1C(=O)OC(C)(C)C.COC(=O)[C@@H]1C[C@@H](N=[N+]=[N-])CN1CC1CCCCC1.COC(=O)[C@@H]1C[C@H](O)CN1C(=O)OC(C)(C)C.COC(=O)[C@@H]1C[C@H](OS(=O)(=O)c2ccc(C)cc2)CN1C(=O)OC(C)(C)C.O=C(O)C(F)(F)F.O=CC1CCCCC1.[N-]=[N+]=[N-].[Na+]. The molecule has 2 aliphatic carbocycles. The summed E-state index contributed by atoms with van der Waals surface area (Å²) < 4.78 is 101. The Hall–Kier alpha value is -8.66. The minimum Gasteiger partial charge on any atom is -0.475 e. The number of halogens is 3. The molecule has 5 aliphatic heterocycles. The second kappa shape index (κ2) is 51.2. The molecule has 3 amide bonds. The van der Waals surface area contributed by atoms with Gasteiger partial charge in [-0.05, 0) is 149 Å². The van der Waals surface area contributed by atoms with Crippen LogP contribution in [-0.4, -0.2) is 257 Å². The standard InChI is InChI=1S/C18H25NO7S.C13H22N4O2.C11H18N4O4.C11H19NO5.C7H12O.C6H10N4O2.C2HF3O2.N3.Na/c1-12-6-8-14(9-7-12)27(22,23)26-13-10-15(16(20)24-5)19(11-13)17(21)25-18(2,3)4;1-19-13(18)12-7-11(15-16-14)9-17(12)8-10-5-3-2-4-6-10;1-11(2,3)19-10(17)15-6-7(13-14-12)5-8(15)9(16)18-4;1-11(2,3)17-10(15)12-6-7(13)5-8(12)9(14)16-4;8-6-7-4-2-1-3-5-7;1-12-6(11)5-2-4(3-8-5)9-10-7;3-2(4,5)1(6)7;1-3-2;/h6-9,13,15H,10-11H2,1-5H3;10-12H,2-9H2,1H3;7-8H,5-6H2,1-4H3;7-8,13H,5-6H2,1-4H3;6-7H,1-5H2;4-5,8H,2-3H2,1H3;(H,6,7);;/q;;;;;;;-1;+1/t13-,15-;11-,12+;7-,8+;7-,8-;;4-,5+;;;/m0110.1.../s1. The van der Waals surface area contributed by atoms with Gasteiger partial charge in [-0.2, -0.15) is 21.6 Å². The molecular weight excluding hydrogens is 1530 g/mol. The van der Waals surface area contributed by atoms with Crippen LogP contribution in [0.2, 0.25) is 0 Å². The smallest absolute Gasteiger partial charge is 0.475 e. The number of esters is 5. The van der Waals surface area contributed by atoms with Crippen molar-refractivity contribution in [3.05, 3.63) is 77.1 Å². The first kappa shape index (κ1) is 104. The molecule has 113 heavy (non-hydrogen) atoms. The molecule has 1 aromatic carbocycles. The van der Waals surface area contributed by atoms with Gasteiger partial charge in [0.25, 0.3) is 10.1 Å². The summed E-state index contributed by atoms with van der Waals surface area (Å²) in [6, 6.07) is 2.51. The summed E-state index contributed by atoms with van der Waals surface area (Å²) in [7, 11) is 2.42. The van der Waals surface area contributed by atoms with E-state index in [1.807, 2.05) is 6.92 Å². The zero-order valence-corrected chi connectivity index (χ0v) is 69.6. The van der Waals surface area contributed by atoms with Gasteiger partial charge in [-0.25, -0.2) is 33.6 Å². The van der Waals surface area contributed by atoms with Crippen LogP contribution in [0, 0.1) is 18.8 Å². The van der Waals surface area contributed by atoms with E-state index >= 15 is 0 Å². The van der Waals surface area contributed by atoms with Crippen molar-refractivity contribution in [2.45, 2.75) is 254 Å². The van der Waals surface area contributed by atoms with Gasteiger partial charge in [-0.3, -0.25) is 38.3 Å². The summed E-state index contributed by atoms with van der Waals surface area (Å²) in [6.07, 6.45) is 6.59. The fourth-order valence-corrected chi connectivity index (χ4v) is 13.1. The van der Waals surface area contributed by atoms with Crippen LogP contribution in [0.1, 0.15) is 164 Å². The molecule has 1 aromatic rings. The molecule has 630 valence electrons. The second-order valence-electron chi connectivity index (χ2n) is 29.3. The molecule has 3 N–H and O–H groups in total. The first-order valence-corrected chi connectivity index (χ1v) is 37.1. The maximum atomic E-state index is 12.5. The molecule has 0 bridgehead atoms. The average Bonchev–Trinajstić information content (AvgIpc) is 1.69. The van der Waals surface area contributed by atoms with Crippen molar-refractivity contribution >= 4 is 70.5 Å². The van der Waals surface area contributed by atoms with Gasteiger partial charge in [0.2, 0.25) is 0 Å². The molecule has 0 spiro atoms. The van der Waals surface area contributed by atoms with E-state index in [0.29, 0.717) is 37.8 Å². The molecule has 0 unspecified atom stereocenters. The first-order chi connectivity index (χ1) is 52.3. The molecule has 2 saturated carbocycles. The normalized spacial score (nSPS) is 22.6. The Balaban J connectivity index is 0.00000133. The topological polar surface area (TPSA) is 558 Å². The van der Waals surface area contributed by atoms with Gasteiger partial charge >= 0.3 is 89.8 Å². The van der Waals surface area contributed by atoms with Crippen LogP contribution >= 0.6 is 0 Å². The minimum atomic E-state index is -5.08. The van der Waals surface area contributed by atoms with E-state index in [1.165, 1.54) is 114 Å². The van der Waals surface area contributed by atoms with Gasteiger partial charge in [0, 0.05) is 59.7 Å². The Morgan fingerprint density at radius 2 is 0.920 bits per heavy atom. The van der Waals surface area contributed by atoms with E-state index in [1.54, 1.807) is 74.4 Å². The minimum absolute atomic E-state index is 0. The van der Waals surface area contributed by atoms with Gasteiger partial charge in [-0.15, -0.1) is 0 Å². The number of carbonyl (C=O) groups is 10. The number of carboxylic acid groups (broad SMARTS) is 1. The molecular formula is C68H107F3N17NaO23S. The number of aldehydes is 1. The zero-order valence-electron chi connectivity index (χ0n) is 66.8. The van der Waals surface area contributed by atoms with E-state index in [-0.39, 0.29) is 109 Å². The third-order valence-electron chi connectivity index (χ3n) is 17.1. The monoisotopic (exact) mass is 1640 g/mol. The number of ether oxygens (including phenoxy) is 8. The maximum Gasteiger partial charge on any atom is 1.00 e. The van der Waals surface area contributed by atoms with E-state index in [4.69, 9.17) is 65.4 Å². The molecule has 5 saturated heterocycles. The predicted molar refractivity (Wildman–Crippen MR) is 392 cm³/mol. The van der Waals surface area contributed by atoms with Crippen molar-refractivity contribution in [2.24, 2.45) is 27.2 Å². The number of amides is 3. The summed E-state index contributed by atoms with van der Waals surface area (Å²) in [5.74, 6) is -3.91. The number of carboxylic acids is 1. The van der Waals surface area contributed by atoms with Crippen LogP contribution < -0.4 is 34.9 Å². The number of carbonyl (C=O) groups excluding carboxylic acids is 9. The number of methoxy groups -OCH3 is 5. The zero-order chi connectivity index (χ0) is 85.5. The second-order valence-corrected chi connectivity index (χ2v) is 30.9. The predicted octanol–water partition coefficient (Wildman–Crippen LogP) is 7.59. The van der Waals surface area contributed by atoms with E-state index < -0.39 is 112 Å². The number of hydrogen-bond acceptors (Lipinski definition) is 27. The number of β-amino-alcohol motifs (C(OH)–C–C–N with tert-alkyl or cyclic N) is 1. The molecule has 0 radical (unpaired) electrons. The molecule has 10 atom stereocenters. The molecule has 45 heteroatoms. The van der Waals surface area contributed by atoms with Crippen molar-refractivity contribution in [3.8, 4) is 0 Å². The Morgan fingerprint density at radius 1 is 0.549 bits per heavy atom. The molecule has 8 rings (SSSR count). The fourth-order valence-electron chi connectivity index (χ4n) is 12.0. The Kier molecular flexibility index (Phi) is 47.3. The number of alkyl halides is 3. The molecule has 7 fully saturated rings. The van der Waals surface area contributed by atoms with Crippen LogP contribution in [0.3, 0.4) is 0 Å². The van der Waals surface area contributed by atoms with Gasteiger partial charge in [-0.1, -0.05) is 71.6 Å². The van der Waals surface area contributed by atoms with Crippen molar-refractivity contribution in [3.63, 3.8) is 0 Å². The Labute approximate surface area is 676 Å². The number of aliphatic hydroxyl groups is 1. The summed E-state index contributed by atoms with van der Waals surface area (Å²) in [4.78, 5) is 129. The van der Waals surface area contributed by atoms with Crippen molar-refractivity contribution in [2.75, 3.05) is 74.8 Å². The third kappa shape index (κ3) is 39.8. The van der Waals surface area contributed by atoms with Crippen LogP contribution in [0.4, 0.5) is 27.6 Å². The number of hydrogen-bond donors (Lipinski definition) is 3. The number of nitrogens with zero attached hydrogens (tertiary/aromatic N) is 16. The third-order valence-corrected chi connectivity index (χ3v) is 18.5.